The number of aromatic nitrogens is 4. The first kappa shape index (κ1) is 17.5. The number of likely N-dealkylation sites (tertiary alicyclic amines) is 1. The lowest BCUT2D eigenvalue weighted by molar-refractivity contribution is 0.331. The summed E-state index contributed by atoms with van der Waals surface area (Å²) < 4.78 is 1.82. The molecule has 0 unspecified atom stereocenters. The Morgan fingerprint density at radius 2 is 1.92 bits per heavy atom. The van der Waals surface area contributed by atoms with Crippen molar-refractivity contribution in [3.05, 3.63) is 52.4 Å². The molecule has 5 nitrogen and oxygen atoms in total. The topological polar surface area (TPSA) is 46.3 Å². The normalized spacial score (nSPS) is 15.5. The van der Waals surface area contributed by atoms with Gasteiger partial charge in [-0.2, -0.15) is 9.61 Å². The molecule has 1 saturated heterocycles. The maximum Gasteiger partial charge on any atom is 0.216 e. The summed E-state index contributed by atoms with van der Waals surface area (Å²) in [4.78, 5) is 2.47. The molecule has 4 rings (SSSR count). The first-order valence-electron chi connectivity index (χ1n) is 8.76. The maximum atomic E-state index is 6.07. The van der Waals surface area contributed by atoms with Gasteiger partial charge in [-0.25, -0.2) is 0 Å². The van der Waals surface area contributed by atoms with Crippen molar-refractivity contribution in [1.82, 2.24) is 24.7 Å². The van der Waals surface area contributed by atoms with Crippen molar-refractivity contribution in [3.63, 3.8) is 0 Å². The number of halogens is 1. The highest BCUT2D eigenvalue weighted by atomic mass is 35.5. The van der Waals surface area contributed by atoms with Crippen LogP contribution in [0, 0.1) is 0 Å². The van der Waals surface area contributed by atoms with Gasteiger partial charge in [-0.1, -0.05) is 41.6 Å². The minimum absolute atomic E-state index is 0.726. The predicted octanol–water partition coefficient (Wildman–Crippen LogP) is 4.67. The zero-order chi connectivity index (χ0) is 17.9. The van der Waals surface area contributed by atoms with Crippen LogP contribution in [0.15, 0.2) is 47.0 Å². The highest BCUT2D eigenvalue weighted by Crippen LogP contribution is 2.27. The number of hydrogen-bond donors (Lipinski definition) is 0. The van der Waals surface area contributed by atoms with Crippen LogP contribution in [0.3, 0.4) is 0 Å². The van der Waals surface area contributed by atoms with E-state index in [1.807, 2.05) is 47.2 Å². The zero-order valence-corrected chi connectivity index (χ0v) is 16.2. The van der Waals surface area contributed by atoms with Crippen molar-refractivity contribution in [2.45, 2.75) is 31.5 Å². The SMILES string of the molecule is C/C=C/Sc1nnc2cc(CN3CCCC3)c(-c3ccc(Cl)cc3)nn12. The summed E-state index contributed by atoms with van der Waals surface area (Å²) in [5, 5.41) is 17.0. The van der Waals surface area contributed by atoms with Gasteiger partial charge in [0, 0.05) is 17.1 Å². The number of hydrogen-bond acceptors (Lipinski definition) is 5. The van der Waals surface area contributed by atoms with Gasteiger partial charge in [0.1, 0.15) is 0 Å². The highest BCUT2D eigenvalue weighted by Gasteiger charge is 2.18. The number of fused-ring (bicyclic) bond motifs is 1. The van der Waals surface area contributed by atoms with Gasteiger partial charge in [0.2, 0.25) is 5.16 Å². The maximum absolute atomic E-state index is 6.07. The van der Waals surface area contributed by atoms with Crippen LogP contribution in [-0.2, 0) is 6.54 Å². The van der Waals surface area contributed by atoms with E-state index in [1.54, 1.807) is 0 Å². The molecular weight excluding hydrogens is 366 g/mol. The Kier molecular flexibility index (Phi) is 5.24. The lowest BCUT2D eigenvalue weighted by Gasteiger charge is -2.17. The van der Waals surface area contributed by atoms with Gasteiger partial charge in [-0.05, 0) is 62.0 Å². The van der Waals surface area contributed by atoms with E-state index in [1.165, 1.54) is 30.2 Å². The third kappa shape index (κ3) is 3.63. The molecular formula is C19H20ClN5S. The molecule has 0 radical (unpaired) electrons. The molecule has 1 aromatic carbocycles. The fraction of sp³-hybridized carbons (Fsp3) is 0.316. The second kappa shape index (κ2) is 7.78. The van der Waals surface area contributed by atoms with Crippen LogP contribution >= 0.6 is 23.4 Å². The second-order valence-electron chi connectivity index (χ2n) is 6.35. The molecule has 1 aliphatic rings. The van der Waals surface area contributed by atoms with Crippen LogP contribution in [0.1, 0.15) is 25.3 Å². The van der Waals surface area contributed by atoms with Crippen LogP contribution in [0.4, 0.5) is 0 Å². The van der Waals surface area contributed by atoms with E-state index in [9.17, 15) is 0 Å². The minimum atomic E-state index is 0.726. The molecule has 0 atom stereocenters. The first-order valence-corrected chi connectivity index (χ1v) is 10.0. The molecule has 1 fully saturated rings. The summed E-state index contributed by atoms with van der Waals surface area (Å²) in [6.07, 6.45) is 4.51. The molecule has 2 aromatic heterocycles. The monoisotopic (exact) mass is 385 g/mol. The summed E-state index contributed by atoms with van der Waals surface area (Å²) in [7, 11) is 0. The molecule has 3 heterocycles. The predicted molar refractivity (Wildman–Crippen MR) is 106 cm³/mol. The van der Waals surface area contributed by atoms with Gasteiger partial charge >= 0.3 is 0 Å². The summed E-state index contributed by atoms with van der Waals surface area (Å²) >= 11 is 7.59. The standard InChI is InChI=1S/C19H20ClN5S/c1-2-11-26-19-22-21-17-12-15(13-24-9-3-4-10-24)18(23-25(17)19)14-5-7-16(20)8-6-14/h2,5-8,11-12H,3-4,9-10,13H2,1H3/b11-2+. The molecule has 26 heavy (non-hydrogen) atoms. The van der Waals surface area contributed by atoms with Crippen molar-refractivity contribution in [3.8, 4) is 11.3 Å². The Morgan fingerprint density at radius 1 is 1.15 bits per heavy atom. The Bertz CT molecular complexity index is 929. The average Bonchev–Trinajstić information content (AvgIpc) is 3.30. The van der Waals surface area contributed by atoms with Crippen molar-refractivity contribution >= 4 is 29.0 Å². The summed E-state index contributed by atoms with van der Waals surface area (Å²) in [6.45, 7) is 5.14. The Hall–Kier alpha value is -1.89. The van der Waals surface area contributed by atoms with Crippen LogP contribution in [0.5, 0.6) is 0 Å². The van der Waals surface area contributed by atoms with Crippen molar-refractivity contribution < 1.29 is 0 Å². The van der Waals surface area contributed by atoms with E-state index < -0.39 is 0 Å². The fourth-order valence-corrected chi connectivity index (χ4v) is 3.91. The van der Waals surface area contributed by atoms with Crippen molar-refractivity contribution in [2.75, 3.05) is 13.1 Å². The average molecular weight is 386 g/mol. The largest absolute Gasteiger partial charge is 0.299 e. The van der Waals surface area contributed by atoms with Gasteiger partial charge in [0.25, 0.3) is 0 Å². The van der Waals surface area contributed by atoms with E-state index >= 15 is 0 Å². The van der Waals surface area contributed by atoms with Gasteiger partial charge in [-0.3, -0.25) is 4.90 Å². The number of rotatable bonds is 5. The summed E-state index contributed by atoms with van der Waals surface area (Å²) in [5.74, 6) is 0. The van der Waals surface area contributed by atoms with E-state index in [0.717, 1.165) is 46.7 Å². The Morgan fingerprint density at radius 3 is 2.65 bits per heavy atom. The molecule has 0 bridgehead atoms. The van der Waals surface area contributed by atoms with Gasteiger partial charge in [-0.15, -0.1) is 10.2 Å². The van der Waals surface area contributed by atoms with Crippen LogP contribution < -0.4 is 0 Å². The molecule has 0 amide bonds. The fourth-order valence-electron chi connectivity index (χ4n) is 3.20. The van der Waals surface area contributed by atoms with E-state index in [0.29, 0.717) is 0 Å². The first-order chi connectivity index (χ1) is 12.7. The van der Waals surface area contributed by atoms with E-state index in [2.05, 4.69) is 21.2 Å². The number of allylic oxidation sites excluding steroid dienone is 1. The van der Waals surface area contributed by atoms with Crippen LogP contribution in [-0.4, -0.2) is 37.8 Å². The Labute approximate surface area is 162 Å². The lowest BCUT2D eigenvalue weighted by Crippen LogP contribution is -2.19. The molecule has 0 aliphatic carbocycles. The molecule has 1 aliphatic heterocycles. The van der Waals surface area contributed by atoms with Gasteiger partial charge in [0.15, 0.2) is 5.65 Å². The van der Waals surface area contributed by atoms with Crippen LogP contribution in [0.2, 0.25) is 5.02 Å². The molecule has 3 aromatic rings. The number of nitrogens with zero attached hydrogens (tertiary/aromatic N) is 5. The molecule has 0 saturated carbocycles. The van der Waals surface area contributed by atoms with Gasteiger partial charge in [0.05, 0.1) is 5.69 Å². The number of benzene rings is 1. The third-order valence-electron chi connectivity index (χ3n) is 4.46. The molecule has 0 N–H and O–H groups in total. The third-order valence-corrected chi connectivity index (χ3v) is 5.59. The molecule has 0 spiro atoms. The van der Waals surface area contributed by atoms with E-state index in [-0.39, 0.29) is 0 Å². The zero-order valence-electron chi connectivity index (χ0n) is 14.6. The minimum Gasteiger partial charge on any atom is -0.299 e. The Balaban J connectivity index is 1.81. The van der Waals surface area contributed by atoms with Gasteiger partial charge < -0.3 is 0 Å². The quantitative estimate of drug-likeness (QED) is 0.597. The molecule has 7 heteroatoms. The second-order valence-corrected chi connectivity index (χ2v) is 7.66. The van der Waals surface area contributed by atoms with Crippen molar-refractivity contribution in [1.29, 1.82) is 0 Å². The van der Waals surface area contributed by atoms with E-state index in [4.69, 9.17) is 16.7 Å². The lowest BCUT2D eigenvalue weighted by atomic mass is 10.1. The molecule has 134 valence electrons. The number of thioether (sulfide) groups is 1. The van der Waals surface area contributed by atoms with Crippen LogP contribution in [0.25, 0.3) is 16.9 Å². The highest BCUT2D eigenvalue weighted by molar-refractivity contribution is 8.02. The summed E-state index contributed by atoms with van der Waals surface area (Å²) in [5.41, 5.74) is 3.98. The smallest absolute Gasteiger partial charge is 0.216 e. The van der Waals surface area contributed by atoms with Crippen molar-refractivity contribution in [2.24, 2.45) is 0 Å². The summed E-state index contributed by atoms with van der Waals surface area (Å²) in [6, 6.07) is 9.97.